The molecule has 1 aliphatic heterocycles. The molecule has 34 heavy (non-hydrogen) atoms. The molecule has 1 aliphatic rings. The number of rotatable bonds is 4. The molecule has 0 unspecified atom stereocenters. The Balaban J connectivity index is 1.47. The molecule has 1 N–H and O–H groups in total. The number of carbonyl (C=O) groups excluding carboxylic acids is 2. The molecule has 0 bridgehead atoms. The van der Waals surface area contributed by atoms with Crippen molar-refractivity contribution in [3.05, 3.63) is 59.4 Å². The van der Waals surface area contributed by atoms with Gasteiger partial charge in [-0.3, -0.25) is 4.79 Å². The van der Waals surface area contributed by atoms with Gasteiger partial charge in [0.15, 0.2) is 5.82 Å². The highest BCUT2D eigenvalue weighted by Crippen LogP contribution is 2.28. The Labute approximate surface area is 200 Å². The Bertz CT molecular complexity index is 1340. The number of piperidine rings is 1. The molecular formula is C24H24N6O3S. The van der Waals surface area contributed by atoms with Crippen molar-refractivity contribution in [1.29, 1.82) is 0 Å². The highest BCUT2D eigenvalue weighted by atomic mass is 32.1. The zero-order chi connectivity index (χ0) is 23.7. The van der Waals surface area contributed by atoms with E-state index in [9.17, 15) is 9.59 Å². The predicted molar refractivity (Wildman–Crippen MR) is 129 cm³/mol. The fraction of sp³-hybridized carbons (Fsp3) is 0.292. The largest absolute Gasteiger partial charge is 0.453 e. The van der Waals surface area contributed by atoms with Crippen molar-refractivity contribution in [1.82, 2.24) is 29.8 Å². The number of alkyl carbamates (subject to hydrolysis) is 1. The summed E-state index contributed by atoms with van der Waals surface area (Å²) in [5.74, 6) is 0.323. The third-order valence-corrected chi connectivity index (χ3v) is 6.84. The summed E-state index contributed by atoms with van der Waals surface area (Å²) >= 11 is 1.55. The van der Waals surface area contributed by atoms with Gasteiger partial charge in [-0.25, -0.2) is 19.3 Å². The molecule has 0 saturated carbocycles. The first-order chi connectivity index (χ1) is 16.5. The van der Waals surface area contributed by atoms with Gasteiger partial charge in [0.05, 0.1) is 24.6 Å². The molecule has 4 aromatic rings. The molecule has 5 rings (SSSR count). The molecule has 2 amide bonds. The lowest BCUT2D eigenvalue weighted by molar-refractivity contribution is 0.0698. The normalized spacial score (nSPS) is 14.4. The van der Waals surface area contributed by atoms with Crippen molar-refractivity contribution in [3.63, 3.8) is 0 Å². The van der Waals surface area contributed by atoms with Crippen LogP contribution in [0.3, 0.4) is 0 Å². The molecular weight excluding hydrogens is 452 g/mol. The van der Waals surface area contributed by atoms with E-state index in [0.717, 1.165) is 21.5 Å². The van der Waals surface area contributed by atoms with Crippen LogP contribution in [0.25, 0.3) is 27.5 Å². The molecule has 10 heteroatoms. The number of fused-ring (bicyclic) bond motifs is 1. The van der Waals surface area contributed by atoms with E-state index in [2.05, 4.69) is 20.1 Å². The Hall–Kier alpha value is -3.79. The van der Waals surface area contributed by atoms with E-state index in [1.54, 1.807) is 33.0 Å². The van der Waals surface area contributed by atoms with Crippen LogP contribution in [0.1, 0.15) is 28.9 Å². The second kappa shape index (κ2) is 9.22. The molecule has 4 heterocycles. The van der Waals surface area contributed by atoms with Crippen molar-refractivity contribution in [2.45, 2.75) is 25.8 Å². The number of methoxy groups -OCH3 is 1. The highest BCUT2D eigenvalue weighted by Gasteiger charge is 2.27. The lowest BCUT2D eigenvalue weighted by atomic mass is 10.0. The fourth-order valence-corrected chi connectivity index (χ4v) is 4.84. The van der Waals surface area contributed by atoms with Crippen molar-refractivity contribution >= 4 is 28.2 Å². The summed E-state index contributed by atoms with van der Waals surface area (Å²) in [5, 5.41) is 9.14. The maximum Gasteiger partial charge on any atom is 0.407 e. The van der Waals surface area contributed by atoms with Crippen molar-refractivity contribution in [2.75, 3.05) is 20.2 Å². The lowest BCUT2D eigenvalue weighted by Crippen LogP contribution is -2.46. The van der Waals surface area contributed by atoms with E-state index in [0.29, 0.717) is 43.1 Å². The number of carbonyl (C=O) groups is 2. The molecule has 9 nitrogen and oxygen atoms in total. The first-order valence-corrected chi connectivity index (χ1v) is 11.9. The molecule has 0 atom stereocenters. The summed E-state index contributed by atoms with van der Waals surface area (Å²) in [6, 6.07) is 9.78. The van der Waals surface area contributed by atoms with Crippen LogP contribution in [0.5, 0.6) is 0 Å². The van der Waals surface area contributed by atoms with Gasteiger partial charge in [-0.15, -0.1) is 11.3 Å². The topological polar surface area (TPSA) is 102 Å². The smallest absolute Gasteiger partial charge is 0.407 e. The minimum atomic E-state index is -0.450. The number of thiazole rings is 1. The number of nitrogens with one attached hydrogen (secondary N) is 1. The van der Waals surface area contributed by atoms with Crippen LogP contribution < -0.4 is 5.32 Å². The Morgan fingerprint density at radius 3 is 2.65 bits per heavy atom. The lowest BCUT2D eigenvalue weighted by Gasteiger charge is -2.32. The Morgan fingerprint density at radius 2 is 1.91 bits per heavy atom. The number of ether oxygens (including phenoxy) is 1. The summed E-state index contributed by atoms with van der Waals surface area (Å²) in [7, 11) is 1.34. The van der Waals surface area contributed by atoms with E-state index in [4.69, 9.17) is 4.98 Å². The molecule has 1 aromatic carbocycles. The first-order valence-electron chi connectivity index (χ1n) is 11.0. The Morgan fingerprint density at radius 1 is 1.15 bits per heavy atom. The van der Waals surface area contributed by atoms with Gasteiger partial charge in [0, 0.05) is 36.3 Å². The van der Waals surface area contributed by atoms with Crippen LogP contribution in [-0.2, 0) is 4.74 Å². The second-order valence-corrected chi connectivity index (χ2v) is 9.14. The molecule has 0 radical (unpaired) electrons. The third kappa shape index (κ3) is 4.36. The van der Waals surface area contributed by atoms with Gasteiger partial charge in [0.25, 0.3) is 5.91 Å². The maximum atomic E-state index is 13.5. The van der Waals surface area contributed by atoms with Gasteiger partial charge < -0.3 is 15.0 Å². The van der Waals surface area contributed by atoms with Crippen LogP contribution in [0, 0.1) is 6.92 Å². The number of aromatic nitrogens is 4. The van der Waals surface area contributed by atoms with Gasteiger partial charge in [-0.1, -0.05) is 29.8 Å². The minimum absolute atomic E-state index is 0.0138. The second-order valence-electron chi connectivity index (χ2n) is 8.24. The number of amides is 2. The van der Waals surface area contributed by atoms with Gasteiger partial charge in [0.1, 0.15) is 10.5 Å². The van der Waals surface area contributed by atoms with E-state index in [-0.39, 0.29) is 11.9 Å². The fourth-order valence-electron chi connectivity index (χ4n) is 4.04. The number of benzene rings is 1. The SMILES string of the molecule is COC(=O)NC1CCN(C(=O)c2cc(-c3ccc(C)cc3)nc(-c3cnn4ccsc34)n2)CC1. The van der Waals surface area contributed by atoms with E-state index < -0.39 is 6.09 Å². The van der Waals surface area contributed by atoms with Crippen molar-refractivity contribution < 1.29 is 14.3 Å². The predicted octanol–water partition coefficient (Wildman–Crippen LogP) is 3.79. The van der Waals surface area contributed by atoms with Crippen molar-refractivity contribution in [2.24, 2.45) is 0 Å². The van der Waals surface area contributed by atoms with E-state index in [1.807, 2.05) is 42.8 Å². The number of aryl methyl sites for hydroxylation is 1. The van der Waals surface area contributed by atoms with Gasteiger partial charge in [-0.05, 0) is 25.8 Å². The minimum Gasteiger partial charge on any atom is -0.453 e. The van der Waals surface area contributed by atoms with Crippen LogP contribution >= 0.6 is 11.3 Å². The summed E-state index contributed by atoms with van der Waals surface area (Å²) in [4.78, 5) is 37.1. The molecule has 174 valence electrons. The number of hydrogen-bond acceptors (Lipinski definition) is 7. The summed E-state index contributed by atoms with van der Waals surface area (Å²) < 4.78 is 6.46. The van der Waals surface area contributed by atoms with Crippen LogP contribution in [-0.4, -0.2) is 62.7 Å². The van der Waals surface area contributed by atoms with Gasteiger partial charge in [0.2, 0.25) is 0 Å². The first kappa shape index (κ1) is 22.0. The number of likely N-dealkylation sites (tertiary alicyclic amines) is 1. The Kier molecular flexibility index (Phi) is 5.97. The summed E-state index contributed by atoms with van der Waals surface area (Å²) in [6.07, 6.45) is 4.48. The average molecular weight is 477 g/mol. The standard InChI is InChI=1S/C24H24N6O3S/c1-15-3-5-16(6-4-15)19-13-20(22(31)29-9-7-17(8-10-29)26-24(32)33-2)28-21(27-19)18-14-25-30-11-12-34-23(18)30/h3-6,11-14,17H,7-10H2,1-2H3,(H,26,32). The van der Waals surface area contributed by atoms with Crippen LogP contribution in [0.15, 0.2) is 48.1 Å². The van der Waals surface area contributed by atoms with Gasteiger partial charge >= 0.3 is 6.09 Å². The quantitative estimate of drug-likeness (QED) is 0.481. The monoisotopic (exact) mass is 476 g/mol. The average Bonchev–Trinajstić information content (AvgIpc) is 3.48. The zero-order valence-electron chi connectivity index (χ0n) is 18.9. The number of hydrogen-bond donors (Lipinski definition) is 1. The van der Waals surface area contributed by atoms with Crippen molar-refractivity contribution in [3.8, 4) is 22.6 Å². The molecule has 0 spiro atoms. The van der Waals surface area contributed by atoms with E-state index in [1.165, 1.54) is 7.11 Å². The highest BCUT2D eigenvalue weighted by molar-refractivity contribution is 7.16. The summed E-state index contributed by atoms with van der Waals surface area (Å²) in [5.41, 5.74) is 3.88. The number of nitrogens with zero attached hydrogens (tertiary/aromatic N) is 5. The van der Waals surface area contributed by atoms with E-state index >= 15 is 0 Å². The van der Waals surface area contributed by atoms with Crippen LogP contribution in [0.4, 0.5) is 4.79 Å². The molecule has 1 fully saturated rings. The zero-order valence-corrected chi connectivity index (χ0v) is 19.7. The molecule has 1 saturated heterocycles. The third-order valence-electron chi connectivity index (χ3n) is 5.95. The van der Waals surface area contributed by atoms with Crippen LogP contribution in [0.2, 0.25) is 0 Å². The summed E-state index contributed by atoms with van der Waals surface area (Å²) in [6.45, 7) is 3.08. The maximum absolute atomic E-state index is 13.5. The molecule has 0 aliphatic carbocycles. The molecule has 3 aromatic heterocycles. The van der Waals surface area contributed by atoms with Gasteiger partial charge in [-0.2, -0.15) is 5.10 Å².